The molecule has 1 aromatic rings. The lowest BCUT2D eigenvalue weighted by molar-refractivity contribution is -0.150. The standard InChI is InChI=1S/C12H14Cl2O4/c1-2-17-11(12(15)16)3-4-18-10-6-8(13)5-9(14)7-10/h5-7,11H,2-4H2,1H3,(H,15,16). The van der Waals surface area contributed by atoms with Gasteiger partial charge in [0.15, 0.2) is 6.10 Å². The minimum atomic E-state index is -0.996. The van der Waals surface area contributed by atoms with Crippen LogP contribution in [-0.2, 0) is 9.53 Å². The molecule has 0 aromatic heterocycles. The molecule has 0 saturated heterocycles. The normalized spacial score (nSPS) is 12.2. The van der Waals surface area contributed by atoms with Gasteiger partial charge in [0.2, 0.25) is 0 Å². The number of carboxylic acids is 1. The van der Waals surface area contributed by atoms with Crippen molar-refractivity contribution in [1.29, 1.82) is 0 Å². The lowest BCUT2D eigenvalue weighted by atomic mass is 10.2. The highest BCUT2D eigenvalue weighted by Gasteiger charge is 2.17. The third kappa shape index (κ3) is 5.12. The molecule has 0 radical (unpaired) electrons. The number of carbonyl (C=O) groups is 1. The Bertz CT molecular complexity index is 389. The molecule has 0 aliphatic heterocycles. The van der Waals surface area contributed by atoms with Gasteiger partial charge in [-0.25, -0.2) is 4.79 Å². The zero-order chi connectivity index (χ0) is 13.5. The molecule has 4 nitrogen and oxygen atoms in total. The Morgan fingerprint density at radius 2 is 1.94 bits per heavy atom. The lowest BCUT2D eigenvalue weighted by Crippen LogP contribution is -2.26. The number of benzene rings is 1. The van der Waals surface area contributed by atoms with Crippen LogP contribution in [0.1, 0.15) is 13.3 Å². The fourth-order valence-electron chi connectivity index (χ4n) is 1.37. The molecule has 0 amide bonds. The van der Waals surface area contributed by atoms with Crippen molar-refractivity contribution in [2.24, 2.45) is 0 Å². The van der Waals surface area contributed by atoms with E-state index in [1.165, 1.54) is 0 Å². The highest BCUT2D eigenvalue weighted by molar-refractivity contribution is 6.34. The summed E-state index contributed by atoms with van der Waals surface area (Å²) in [7, 11) is 0. The predicted molar refractivity (Wildman–Crippen MR) is 69.6 cm³/mol. The average Bonchev–Trinajstić information content (AvgIpc) is 2.26. The summed E-state index contributed by atoms with van der Waals surface area (Å²) in [5.74, 6) is -0.488. The maximum Gasteiger partial charge on any atom is 0.332 e. The number of aliphatic carboxylic acids is 1. The van der Waals surface area contributed by atoms with Crippen molar-refractivity contribution in [3.05, 3.63) is 28.2 Å². The third-order valence-corrected chi connectivity index (χ3v) is 2.56. The molecule has 6 heteroatoms. The van der Waals surface area contributed by atoms with E-state index in [2.05, 4.69) is 0 Å². The molecule has 1 rings (SSSR count). The first-order valence-electron chi connectivity index (χ1n) is 5.46. The van der Waals surface area contributed by atoms with Crippen LogP contribution in [0.25, 0.3) is 0 Å². The predicted octanol–water partition coefficient (Wildman–Crippen LogP) is 3.25. The Labute approximate surface area is 115 Å². The number of rotatable bonds is 7. The van der Waals surface area contributed by atoms with E-state index in [0.29, 0.717) is 22.4 Å². The van der Waals surface area contributed by atoms with Gasteiger partial charge in [0, 0.05) is 23.1 Å². The molecule has 1 unspecified atom stereocenters. The van der Waals surface area contributed by atoms with Gasteiger partial charge in [-0.3, -0.25) is 0 Å². The van der Waals surface area contributed by atoms with Gasteiger partial charge < -0.3 is 14.6 Å². The fourth-order valence-corrected chi connectivity index (χ4v) is 1.88. The monoisotopic (exact) mass is 292 g/mol. The molecule has 0 saturated carbocycles. The Kier molecular flexibility index (Phi) is 6.25. The summed E-state index contributed by atoms with van der Waals surface area (Å²) < 4.78 is 10.4. The van der Waals surface area contributed by atoms with Crippen LogP contribution in [0.2, 0.25) is 10.0 Å². The van der Waals surface area contributed by atoms with Crippen LogP contribution < -0.4 is 4.74 Å². The summed E-state index contributed by atoms with van der Waals surface area (Å²) >= 11 is 11.6. The van der Waals surface area contributed by atoms with Crippen molar-refractivity contribution in [3.63, 3.8) is 0 Å². The van der Waals surface area contributed by atoms with E-state index in [1.807, 2.05) is 0 Å². The lowest BCUT2D eigenvalue weighted by Gasteiger charge is -2.13. The van der Waals surface area contributed by atoms with E-state index in [0.717, 1.165) is 0 Å². The quantitative estimate of drug-likeness (QED) is 0.838. The van der Waals surface area contributed by atoms with Gasteiger partial charge >= 0.3 is 5.97 Å². The topological polar surface area (TPSA) is 55.8 Å². The zero-order valence-corrected chi connectivity index (χ0v) is 11.4. The molecule has 0 fully saturated rings. The van der Waals surface area contributed by atoms with Crippen molar-refractivity contribution in [2.75, 3.05) is 13.2 Å². The van der Waals surface area contributed by atoms with E-state index in [9.17, 15) is 4.79 Å². The molecule has 0 heterocycles. The maximum atomic E-state index is 10.8. The van der Waals surface area contributed by atoms with Gasteiger partial charge in [0.25, 0.3) is 0 Å². The van der Waals surface area contributed by atoms with Crippen molar-refractivity contribution in [3.8, 4) is 5.75 Å². The molecule has 0 aliphatic carbocycles. The van der Waals surface area contributed by atoms with Crippen LogP contribution in [-0.4, -0.2) is 30.4 Å². The fraction of sp³-hybridized carbons (Fsp3) is 0.417. The number of halogens is 2. The molecule has 1 atom stereocenters. The SMILES string of the molecule is CCOC(CCOc1cc(Cl)cc(Cl)c1)C(=O)O. The second-order valence-electron chi connectivity index (χ2n) is 3.52. The highest BCUT2D eigenvalue weighted by atomic mass is 35.5. The number of hydrogen-bond donors (Lipinski definition) is 1. The first-order valence-corrected chi connectivity index (χ1v) is 6.21. The van der Waals surface area contributed by atoms with Crippen LogP contribution in [0, 0.1) is 0 Å². The smallest absolute Gasteiger partial charge is 0.332 e. The maximum absolute atomic E-state index is 10.8. The molecular weight excluding hydrogens is 279 g/mol. The van der Waals surface area contributed by atoms with Crippen molar-refractivity contribution < 1.29 is 19.4 Å². The van der Waals surface area contributed by atoms with E-state index in [1.54, 1.807) is 25.1 Å². The summed E-state index contributed by atoms with van der Waals surface area (Å²) in [6, 6.07) is 4.82. The first-order chi connectivity index (χ1) is 8.52. The van der Waals surface area contributed by atoms with Crippen molar-refractivity contribution in [2.45, 2.75) is 19.4 Å². The Morgan fingerprint density at radius 1 is 1.33 bits per heavy atom. The molecule has 100 valence electrons. The second kappa shape index (κ2) is 7.46. The summed E-state index contributed by atoms with van der Waals surface area (Å²) in [6.07, 6.45) is -0.600. The van der Waals surface area contributed by atoms with Crippen molar-refractivity contribution in [1.82, 2.24) is 0 Å². The largest absolute Gasteiger partial charge is 0.493 e. The summed E-state index contributed by atoms with van der Waals surface area (Å²) in [5, 5.41) is 9.81. The van der Waals surface area contributed by atoms with Gasteiger partial charge in [-0.05, 0) is 25.1 Å². The van der Waals surface area contributed by atoms with Crippen LogP contribution in [0.3, 0.4) is 0 Å². The Morgan fingerprint density at radius 3 is 2.44 bits per heavy atom. The van der Waals surface area contributed by atoms with Crippen molar-refractivity contribution >= 4 is 29.2 Å². The van der Waals surface area contributed by atoms with Crippen LogP contribution in [0.4, 0.5) is 0 Å². The van der Waals surface area contributed by atoms with Crippen LogP contribution >= 0.6 is 23.2 Å². The third-order valence-electron chi connectivity index (χ3n) is 2.13. The second-order valence-corrected chi connectivity index (χ2v) is 4.40. The van der Waals surface area contributed by atoms with E-state index >= 15 is 0 Å². The molecule has 18 heavy (non-hydrogen) atoms. The van der Waals surface area contributed by atoms with E-state index < -0.39 is 12.1 Å². The Balaban J connectivity index is 2.47. The Hall–Kier alpha value is -0.970. The minimum Gasteiger partial charge on any atom is -0.493 e. The number of carboxylic acid groups (broad SMARTS) is 1. The van der Waals surface area contributed by atoms with Gasteiger partial charge in [-0.1, -0.05) is 23.2 Å². The zero-order valence-electron chi connectivity index (χ0n) is 9.86. The van der Waals surface area contributed by atoms with Gasteiger partial charge in [-0.15, -0.1) is 0 Å². The number of ether oxygens (including phenoxy) is 2. The summed E-state index contributed by atoms with van der Waals surface area (Å²) in [6.45, 7) is 2.31. The van der Waals surface area contributed by atoms with Crippen LogP contribution in [0.15, 0.2) is 18.2 Å². The molecule has 1 aromatic carbocycles. The first kappa shape index (κ1) is 15.1. The van der Waals surface area contributed by atoms with E-state index in [4.69, 9.17) is 37.8 Å². The minimum absolute atomic E-state index is 0.216. The molecule has 0 aliphatic rings. The summed E-state index contributed by atoms with van der Waals surface area (Å²) in [5.41, 5.74) is 0. The molecular formula is C12H14Cl2O4. The van der Waals surface area contributed by atoms with Gasteiger partial charge in [-0.2, -0.15) is 0 Å². The van der Waals surface area contributed by atoms with E-state index in [-0.39, 0.29) is 13.0 Å². The van der Waals surface area contributed by atoms with Gasteiger partial charge in [0.05, 0.1) is 6.61 Å². The van der Waals surface area contributed by atoms with Crippen LogP contribution in [0.5, 0.6) is 5.75 Å². The van der Waals surface area contributed by atoms with Gasteiger partial charge in [0.1, 0.15) is 5.75 Å². The highest BCUT2D eigenvalue weighted by Crippen LogP contribution is 2.24. The molecule has 1 N–H and O–H groups in total. The molecule has 0 spiro atoms. The summed E-state index contributed by atoms with van der Waals surface area (Å²) in [4.78, 5) is 10.8. The number of hydrogen-bond acceptors (Lipinski definition) is 3. The average molecular weight is 293 g/mol. The molecule has 0 bridgehead atoms.